The first-order valence-electron chi connectivity index (χ1n) is 7.87. The van der Waals surface area contributed by atoms with Crippen LogP contribution in [0.15, 0.2) is 60.4 Å². The lowest BCUT2D eigenvalue weighted by Crippen LogP contribution is -2.38. The first-order valence-corrected chi connectivity index (χ1v) is 7.87. The molecule has 2 heterocycles. The van der Waals surface area contributed by atoms with Gasteiger partial charge in [-0.1, -0.05) is 30.3 Å². The number of rotatable bonds is 6. The van der Waals surface area contributed by atoms with Gasteiger partial charge in [0.15, 0.2) is 5.76 Å². The number of aryl methyl sites for hydroxylation is 1. The van der Waals surface area contributed by atoms with Crippen molar-refractivity contribution >= 4 is 5.91 Å². The van der Waals surface area contributed by atoms with Crippen LogP contribution in [-0.4, -0.2) is 38.1 Å². The quantitative estimate of drug-likeness (QED) is 0.892. The first kappa shape index (κ1) is 15.3. The fraction of sp³-hybridized carbons (Fsp3) is 0.333. The van der Waals surface area contributed by atoms with E-state index in [1.807, 2.05) is 35.9 Å². The minimum absolute atomic E-state index is 0.0623. The molecule has 1 aliphatic rings. The second-order valence-corrected chi connectivity index (χ2v) is 5.89. The summed E-state index contributed by atoms with van der Waals surface area (Å²) in [5, 5.41) is 10.0. The summed E-state index contributed by atoms with van der Waals surface area (Å²) in [5.74, 6) is -0.345. The Labute approximate surface area is 135 Å². The van der Waals surface area contributed by atoms with Gasteiger partial charge in [-0.3, -0.25) is 4.79 Å². The number of aromatic nitrogens is 2. The highest BCUT2D eigenvalue weighted by Crippen LogP contribution is 2.27. The monoisotopic (exact) mass is 311 g/mol. The molecule has 3 rings (SSSR count). The van der Waals surface area contributed by atoms with Crippen LogP contribution < -0.4 is 0 Å². The summed E-state index contributed by atoms with van der Waals surface area (Å²) in [6.45, 7) is 3.27. The molecule has 1 aromatic heterocycles. The van der Waals surface area contributed by atoms with Crippen LogP contribution in [0, 0.1) is 0 Å². The Kier molecular flexibility index (Phi) is 4.46. The largest absolute Gasteiger partial charge is 0.503 e. The van der Waals surface area contributed by atoms with Crippen molar-refractivity contribution in [1.82, 2.24) is 14.5 Å². The van der Waals surface area contributed by atoms with Crippen molar-refractivity contribution in [2.24, 2.45) is 0 Å². The molecule has 0 bridgehead atoms. The molecule has 2 aromatic rings. The lowest BCUT2D eigenvalue weighted by molar-refractivity contribution is -0.129. The van der Waals surface area contributed by atoms with Crippen LogP contribution in [-0.2, 0) is 17.8 Å². The number of imidazole rings is 1. The van der Waals surface area contributed by atoms with Gasteiger partial charge in [0.2, 0.25) is 0 Å². The van der Waals surface area contributed by atoms with Crippen LogP contribution in [0.5, 0.6) is 0 Å². The molecule has 1 unspecified atom stereocenters. The molecule has 0 radical (unpaired) electrons. The van der Waals surface area contributed by atoms with E-state index < -0.39 is 0 Å². The Morgan fingerprint density at radius 3 is 2.70 bits per heavy atom. The van der Waals surface area contributed by atoms with E-state index in [0.717, 1.165) is 25.0 Å². The molecule has 120 valence electrons. The van der Waals surface area contributed by atoms with Gasteiger partial charge in [0, 0.05) is 25.5 Å². The molecule has 0 fully saturated rings. The molecule has 1 amide bonds. The maximum Gasteiger partial charge on any atom is 0.289 e. The minimum Gasteiger partial charge on any atom is -0.503 e. The predicted octanol–water partition coefficient (Wildman–Crippen LogP) is 2.56. The summed E-state index contributed by atoms with van der Waals surface area (Å²) in [6.07, 6.45) is 6.99. The molecular formula is C18H21N3O2. The Hall–Kier alpha value is -2.56. The predicted molar refractivity (Wildman–Crippen MR) is 87.8 cm³/mol. The number of amides is 1. The normalized spacial score (nSPS) is 18.0. The SMILES string of the molecule is CC1=C(O)C(=O)N(CCCn2ccnc2)C1Cc1ccccc1. The second kappa shape index (κ2) is 6.69. The van der Waals surface area contributed by atoms with Gasteiger partial charge in [-0.25, -0.2) is 4.98 Å². The number of carbonyl (C=O) groups excluding carboxylic acids is 1. The van der Waals surface area contributed by atoms with Crippen LogP contribution in [0.25, 0.3) is 0 Å². The Morgan fingerprint density at radius 2 is 2.00 bits per heavy atom. The average molecular weight is 311 g/mol. The number of hydrogen-bond acceptors (Lipinski definition) is 3. The van der Waals surface area contributed by atoms with E-state index in [9.17, 15) is 9.90 Å². The zero-order valence-electron chi connectivity index (χ0n) is 13.2. The van der Waals surface area contributed by atoms with E-state index in [1.165, 1.54) is 5.56 Å². The zero-order valence-corrected chi connectivity index (χ0v) is 13.2. The number of carbonyl (C=O) groups is 1. The Bertz CT molecular complexity index is 692. The molecule has 23 heavy (non-hydrogen) atoms. The summed E-state index contributed by atoms with van der Waals surface area (Å²) in [4.78, 5) is 18.1. The van der Waals surface area contributed by atoms with Crippen LogP contribution in [0.3, 0.4) is 0 Å². The van der Waals surface area contributed by atoms with E-state index in [1.54, 1.807) is 17.4 Å². The molecule has 0 spiro atoms. The molecule has 1 atom stereocenters. The fourth-order valence-corrected chi connectivity index (χ4v) is 3.04. The van der Waals surface area contributed by atoms with Crippen LogP contribution in [0.2, 0.25) is 0 Å². The average Bonchev–Trinajstić information content (AvgIpc) is 3.15. The molecule has 0 saturated heterocycles. The number of nitrogens with zero attached hydrogens (tertiary/aromatic N) is 3. The molecular weight excluding hydrogens is 290 g/mol. The highest BCUT2D eigenvalue weighted by atomic mass is 16.3. The number of benzene rings is 1. The number of aliphatic hydroxyl groups is 1. The number of aliphatic hydroxyl groups excluding tert-OH is 1. The summed E-state index contributed by atoms with van der Waals surface area (Å²) < 4.78 is 1.99. The smallest absolute Gasteiger partial charge is 0.289 e. The molecule has 5 nitrogen and oxygen atoms in total. The summed E-state index contributed by atoms with van der Waals surface area (Å²) in [7, 11) is 0. The van der Waals surface area contributed by atoms with Gasteiger partial charge < -0.3 is 14.6 Å². The minimum atomic E-state index is -0.255. The van der Waals surface area contributed by atoms with Gasteiger partial charge >= 0.3 is 0 Å². The Morgan fingerprint density at radius 1 is 1.22 bits per heavy atom. The standard InChI is InChI=1S/C18H21N3O2/c1-14-16(12-15-6-3-2-4-7-15)21(18(23)17(14)22)10-5-9-20-11-8-19-13-20/h2-4,6-8,11,13,16,22H,5,9-10,12H2,1H3. The van der Waals surface area contributed by atoms with Gasteiger partial charge in [-0.15, -0.1) is 0 Å². The molecule has 5 heteroatoms. The fourth-order valence-electron chi connectivity index (χ4n) is 3.04. The Balaban J connectivity index is 1.67. The summed E-state index contributed by atoms with van der Waals surface area (Å²) >= 11 is 0. The highest BCUT2D eigenvalue weighted by Gasteiger charge is 2.36. The van der Waals surface area contributed by atoms with Crippen molar-refractivity contribution in [3.8, 4) is 0 Å². The van der Waals surface area contributed by atoms with Gasteiger partial charge in [-0.05, 0) is 30.9 Å². The molecule has 1 aromatic carbocycles. The van der Waals surface area contributed by atoms with Gasteiger partial charge in [0.05, 0.1) is 12.4 Å². The van der Waals surface area contributed by atoms with Crippen molar-refractivity contribution in [3.05, 3.63) is 65.9 Å². The number of hydrogen-bond donors (Lipinski definition) is 1. The van der Waals surface area contributed by atoms with Gasteiger partial charge in [0.25, 0.3) is 5.91 Å². The topological polar surface area (TPSA) is 58.4 Å². The maximum absolute atomic E-state index is 12.3. The highest BCUT2D eigenvalue weighted by molar-refractivity contribution is 5.95. The summed E-state index contributed by atoms with van der Waals surface area (Å²) in [6, 6.07) is 10.0. The third kappa shape index (κ3) is 3.28. The van der Waals surface area contributed by atoms with E-state index in [0.29, 0.717) is 6.54 Å². The van der Waals surface area contributed by atoms with Crippen LogP contribution in [0.4, 0.5) is 0 Å². The maximum atomic E-state index is 12.3. The zero-order chi connectivity index (χ0) is 16.2. The van der Waals surface area contributed by atoms with E-state index in [2.05, 4.69) is 17.1 Å². The lowest BCUT2D eigenvalue weighted by atomic mass is 10.0. The van der Waals surface area contributed by atoms with Crippen molar-refractivity contribution in [3.63, 3.8) is 0 Å². The molecule has 0 saturated carbocycles. The van der Waals surface area contributed by atoms with Crippen molar-refractivity contribution in [2.75, 3.05) is 6.54 Å². The van der Waals surface area contributed by atoms with Crippen molar-refractivity contribution in [1.29, 1.82) is 0 Å². The second-order valence-electron chi connectivity index (χ2n) is 5.89. The molecule has 1 N–H and O–H groups in total. The van der Waals surface area contributed by atoms with Crippen LogP contribution >= 0.6 is 0 Å². The van der Waals surface area contributed by atoms with Crippen molar-refractivity contribution < 1.29 is 9.90 Å². The van der Waals surface area contributed by atoms with E-state index in [4.69, 9.17) is 0 Å². The van der Waals surface area contributed by atoms with Gasteiger partial charge in [0.1, 0.15) is 0 Å². The molecule has 1 aliphatic heterocycles. The van der Waals surface area contributed by atoms with Gasteiger partial charge in [-0.2, -0.15) is 0 Å². The third-order valence-corrected chi connectivity index (χ3v) is 4.36. The summed E-state index contributed by atoms with van der Waals surface area (Å²) in [5.41, 5.74) is 1.93. The van der Waals surface area contributed by atoms with Crippen LogP contribution in [0.1, 0.15) is 18.9 Å². The lowest BCUT2D eigenvalue weighted by Gasteiger charge is -2.26. The molecule has 0 aliphatic carbocycles. The van der Waals surface area contributed by atoms with Crippen molar-refractivity contribution in [2.45, 2.75) is 32.4 Å². The third-order valence-electron chi connectivity index (χ3n) is 4.36. The van der Waals surface area contributed by atoms with E-state index in [-0.39, 0.29) is 17.7 Å². The van der Waals surface area contributed by atoms with E-state index >= 15 is 0 Å². The first-order chi connectivity index (χ1) is 11.2.